The Kier molecular flexibility index (Phi) is 8.18. The lowest BCUT2D eigenvalue weighted by molar-refractivity contribution is 0.0696. The number of ether oxygens (including phenoxy) is 1. The topological polar surface area (TPSA) is 124 Å². The van der Waals surface area contributed by atoms with Crippen molar-refractivity contribution in [1.82, 2.24) is 4.98 Å². The second-order valence-electron chi connectivity index (χ2n) is 7.10. The van der Waals surface area contributed by atoms with Gasteiger partial charge in [-0.15, -0.1) is 11.8 Å². The summed E-state index contributed by atoms with van der Waals surface area (Å²) in [4.78, 5) is 15.9. The average Bonchev–Trinajstić information content (AvgIpc) is 2.80. The molecule has 0 bridgehead atoms. The van der Waals surface area contributed by atoms with E-state index in [1.165, 1.54) is 23.9 Å². The number of aromatic nitrogens is 1. The van der Waals surface area contributed by atoms with Crippen LogP contribution < -0.4 is 14.8 Å². The number of carboxylic acids is 1. The highest BCUT2D eigenvalue weighted by molar-refractivity contribution is 7.98. The molecule has 4 N–H and O–H groups in total. The first kappa shape index (κ1) is 24.4. The average molecular weight is 487 g/mol. The molecule has 33 heavy (non-hydrogen) atoms. The summed E-state index contributed by atoms with van der Waals surface area (Å²) in [5.74, 6) is -0.567. The molecule has 0 radical (unpaired) electrons. The predicted octanol–water partition coefficient (Wildman–Crippen LogP) is 5.94. The van der Waals surface area contributed by atoms with Crippen molar-refractivity contribution in [1.29, 1.82) is 4.78 Å². The van der Waals surface area contributed by atoms with Gasteiger partial charge in [0.1, 0.15) is 10.6 Å². The highest BCUT2D eigenvalue weighted by atomic mass is 32.2. The zero-order valence-corrected chi connectivity index (χ0v) is 20.0. The standard InChI is InChI=1S/C23H26N4O4S2/c1-3-4-11-25-19-13-16(23(28)29)14-20(22(19)31-18-8-6-5-7-9-18)33(24,30)27-17-10-12-26-21(15-17)32-2/h5-10,12-15,25H,3-4,11H2,1-2H3,(H,28,29)(H2,24,26,27,30). The zero-order chi connectivity index (χ0) is 23.8. The Morgan fingerprint density at radius 3 is 2.64 bits per heavy atom. The fourth-order valence-electron chi connectivity index (χ4n) is 2.99. The van der Waals surface area contributed by atoms with Gasteiger partial charge < -0.3 is 15.2 Å². The molecule has 0 saturated carbocycles. The van der Waals surface area contributed by atoms with Gasteiger partial charge in [0.2, 0.25) is 0 Å². The van der Waals surface area contributed by atoms with Gasteiger partial charge in [0.25, 0.3) is 0 Å². The second-order valence-corrected chi connectivity index (χ2v) is 9.68. The van der Waals surface area contributed by atoms with Crippen LogP contribution in [0.1, 0.15) is 30.1 Å². The summed E-state index contributed by atoms with van der Waals surface area (Å²) < 4.78 is 31.1. The number of carboxylic acid groups (broad SMARTS) is 1. The maximum Gasteiger partial charge on any atom is 0.335 e. The van der Waals surface area contributed by atoms with E-state index in [2.05, 4.69) is 15.0 Å². The van der Waals surface area contributed by atoms with Crippen molar-refractivity contribution < 1.29 is 18.8 Å². The predicted molar refractivity (Wildman–Crippen MR) is 132 cm³/mol. The molecule has 1 unspecified atom stereocenters. The molecule has 0 saturated heterocycles. The van der Waals surface area contributed by atoms with Crippen molar-refractivity contribution in [2.24, 2.45) is 0 Å². The lowest BCUT2D eigenvalue weighted by atomic mass is 10.1. The molecule has 3 rings (SSSR count). The summed E-state index contributed by atoms with van der Waals surface area (Å²) in [5.41, 5.74) is 0.704. The highest BCUT2D eigenvalue weighted by Crippen LogP contribution is 2.38. The van der Waals surface area contributed by atoms with Gasteiger partial charge >= 0.3 is 5.97 Å². The molecule has 0 aliphatic carbocycles. The van der Waals surface area contributed by atoms with Crippen molar-refractivity contribution in [2.75, 3.05) is 22.8 Å². The molecular formula is C23H26N4O4S2. The first-order chi connectivity index (χ1) is 15.8. The van der Waals surface area contributed by atoms with Crippen LogP contribution in [-0.2, 0) is 9.92 Å². The minimum Gasteiger partial charge on any atom is -0.478 e. The summed E-state index contributed by atoms with van der Waals surface area (Å²) in [6.45, 7) is 2.61. The van der Waals surface area contributed by atoms with Gasteiger partial charge in [0.05, 0.1) is 22.0 Å². The SMILES string of the molecule is CCCCNc1cc(C(=O)O)cc(S(=N)(=O)Nc2ccnc(SC)c2)c1Oc1ccccc1. The molecule has 1 atom stereocenters. The maximum absolute atomic E-state index is 13.7. The fraction of sp³-hybridized carbons (Fsp3) is 0.217. The number of nitrogens with zero attached hydrogens (tertiary/aromatic N) is 1. The van der Waals surface area contributed by atoms with Crippen molar-refractivity contribution >= 4 is 39.0 Å². The van der Waals surface area contributed by atoms with E-state index in [0.717, 1.165) is 12.8 Å². The number of aromatic carboxylic acids is 1. The first-order valence-electron chi connectivity index (χ1n) is 10.3. The number of pyridine rings is 1. The minimum absolute atomic E-state index is 0.0623. The van der Waals surface area contributed by atoms with Crippen LogP contribution in [0.4, 0.5) is 11.4 Å². The summed E-state index contributed by atoms with van der Waals surface area (Å²) in [7, 11) is -3.71. The van der Waals surface area contributed by atoms with Crippen LogP contribution in [0.3, 0.4) is 0 Å². The third kappa shape index (κ3) is 6.39. The Balaban J connectivity index is 2.13. The van der Waals surface area contributed by atoms with E-state index in [-0.39, 0.29) is 16.2 Å². The summed E-state index contributed by atoms with van der Waals surface area (Å²) in [6, 6.07) is 14.8. The monoisotopic (exact) mass is 486 g/mol. The van der Waals surface area contributed by atoms with Gasteiger partial charge in [-0.2, -0.15) is 0 Å². The number of thioether (sulfide) groups is 1. The Morgan fingerprint density at radius 2 is 1.97 bits per heavy atom. The number of rotatable bonds is 11. The third-order valence-electron chi connectivity index (χ3n) is 4.63. The Bertz CT molecular complexity index is 1220. The Hall–Kier alpha value is -3.24. The second kappa shape index (κ2) is 11.1. The first-order valence-corrected chi connectivity index (χ1v) is 13.1. The molecule has 0 aliphatic rings. The van der Waals surface area contributed by atoms with Crippen molar-refractivity contribution in [2.45, 2.75) is 29.7 Å². The Labute approximate surface area is 197 Å². The van der Waals surface area contributed by atoms with Crippen LogP contribution in [0.5, 0.6) is 11.5 Å². The number of unbranched alkanes of at least 4 members (excludes halogenated alkanes) is 1. The van der Waals surface area contributed by atoms with Gasteiger partial charge in [0.15, 0.2) is 15.7 Å². The minimum atomic E-state index is -3.71. The smallest absolute Gasteiger partial charge is 0.335 e. The number of hydrogen-bond acceptors (Lipinski definition) is 7. The number of para-hydroxylation sites is 1. The van der Waals surface area contributed by atoms with Gasteiger partial charge in [0, 0.05) is 12.7 Å². The van der Waals surface area contributed by atoms with E-state index in [4.69, 9.17) is 9.52 Å². The molecule has 10 heteroatoms. The molecule has 0 amide bonds. The molecule has 0 spiro atoms. The Morgan fingerprint density at radius 1 is 1.21 bits per heavy atom. The molecule has 1 aromatic heterocycles. The largest absolute Gasteiger partial charge is 0.478 e. The number of nitrogens with one attached hydrogen (secondary N) is 3. The number of anilines is 2. The molecule has 8 nitrogen and oxygen atoms in total. The van der Waals surface area contributed by atoms with Crippen LogP contribution in [0.2, 0.25) is 0 Å². The van der Waals surface area contributed by atoms with Crippen LogP contribution in [0.25, 0.3) is 0 Å². The molecule has 3 aromatic rings. The van der Waals surface area contributed by atoms with E-state index in [1.807, 2.05) is 19.2 Å². The van der Waals surface area contributed by atoms with Crippen LogP contribution in [0.15, 0.2) is 70.7 Å². The molecule has 0 fully saturated rings. The van der Waals surface area contributed by atoms with Crippen LogP contribution in [0, 0.1) is 4.78 Å². The zero-order valence-electron chi connectivity index (χ0n) is 18.3. The van der Waals surface area contributed by atoms with Gasteiger partial charge in [-0.1, -0.05) is 31.5 Å². The normalized spacial score (nSPS) is 12.5. The van der Waals surface area contributed by atoms with E-state index < -0.39 is 15.9 Å². The number of hydrogen-bond donors (Lipinski definition) is 4. The van der Waals surface area contributed by atoms with Crippen molar-refractivity contribution in [3.8, 4) is 11.5 Å². The maximum atomic E-state index is 13.7. The molecule has 174 valence electrons. The number of carbonyl (C=O) groups is 1. The summed E-state index contributed by atoms with van der Waals surface area (Å²) in [5, 5.41) is 13.5. The molecule has 2 aromatic carbocycles. The van der Waals surface area contributed by atoms with E-state index in [9.17, 15) is 14.1 Å². The van der Waals surface area contributed by atoms with E-state index in [0.29, 0.717) is 28.7 Å². The van der Waals surface area contributed by atoms with E-state index >= 15 is 0 Å². The molecule has 1 heterocycles. The summed E-state index contributed by atoms with van der Waals surface area (Å²) >= 11 is 1.41. The summed E-state index contributed by atoms with van der Waals surface area (Å²) in [6.07, 6.45) is 5.20. The highest BCUT2D eigenvalue weighted by Gasteiger charge is 2.24. The lowest BCUT2D eigenvalue weighted by Gasteiger charge is -2.20. The lowest BCUT2D eigenvalue weighted by Crippen LogP contribution is -2.15. The van der Waals surface area contributed by atoms with E-state index in [1.54, 1.807) is 42.6 Å². The molecule has 0 aliphatic heterocycles. The third-order valence-corrected chi connectivity index (χ3v) is 6.71. The number of benzene rings is 2. The van der Waals surface area contributed by atoms with Crippen molar-refractivity contribution in [3.63, 3.8) is 0 Å². The van der Waals surface area contributed by atoms with Crippen molar-refractivity contribution in [3.05, 3.63) is 66.4 Å². The van der Waals surface area contributed by atoms with Gasteiger partial charge in [-0.3, -0.25) is 4.72 Å². The quantitative estimate of drug-likeness (QED) is 0.195. The van der Waals surface area contributed by atoms with Crippen LogP contribution in [-0.4, -0.2) is 33.1 Å². The fourth-order valence-corrected chi connectivity index (χ4v) is 4.67. The van der Waals surface area contributed by atoms with Gasteiger partial charge in [-0.25, -0.2) is 18.8 Å². The van der Waals surface area contributed by atoms with Gasteiger partial charge in [-0.05, 0) is 49.1 Å². The van der Waals surface area contributed by atoms with Crippen LogP contribution >= 0.6 is 11.8 Å². The molecular weight excluding hydrogens is 460 g/mol.